The van der Waals surface area contributed by atoms with E-state index in [4.69, 9.17) is 19.2 Å². The molecule has 2 aliphatic heterocycles. The van der Waals surface area contributed by atoms with Crippen LogP contribution < -0.4 is 10.3 Å². The van der Waals surface area contributed by atoms with E-state index in [0.29, 0.717) is 22.7 Å². The van der Waals surface area contributed by atoms with Crippen molar-refractivity contribution in [3.8, 4) is 17.1 Å². The summed E-state index contributed by atoms with van der Waals surface area (Å²) in [7, 11) is 1.58. The highest BCUT2D eigenvalue weighted by Gasteiger charge is 2.50. The first-order valence-corrected chi connectivity index (χ1v) is 12.2. The molecule has 2 aromatic heterocycles. The van der Waals surface area contributed by atoms with Crippen LogP contribution in [-0.2, 0) is 33.0 Å². The van der Waals surface area contributed by atoms with Crippen molar-refractivity contribution in [2.24, 2.45) is 0 Å². The second-order valence-electron chi connectivity index (χ2n) is 9.32. The van der Waals surface area contributed by atoms with Gasteiger partial charge in [0.05, 0.1) is 46.6 Å². The number of carbonyl (C=O) groups is 2. The number of fused-ring (bicyclic) bond motifs is 5. The van der Waals surface area contributed by atoms with Gasteiger partial charge in [-0.1, -0.05) is 6.92 Å². The highest BCUT2D eigenvalue weighted by molar-refractivity contribution is 5.94. The summed E-state index contributed by atoms with van der Waals surface area (Å²) < 4.78 is 18.0. The van der Waals surface area contributed by atoms with E-state index in [1.165, 1.54) is 24.3 Å². The van der Waals surface area contributed by atoms with Crippen molar-refractivity contribution < 1.29 is 28.7 Å². The summed E-state index contributed by atoms with van der Waals surface area (Å²) >= 11 is 0. The second kappa shape index (κ2) is 8.76. The number of carbonyl (C=O) groups excluding carboxylic acids is 2. The zero-order valence-corrected chi connectivity index (χ0v) is 20.9. The van der Waals surface area contributed by atoms with E-state index in [2.05, 4.69) is 0 Å². The normalized spacial score (nSPS) is 17.1. The van der Waals surface area contributed by atoms with Crippen LogP contribution in [0.2, 0.25) is 0 Å². The maximum Gasteiger partial charge on any atom is 0.355 e. The largest absolute Gasteiger partial charge is 0.497 e. The highest BCUT2D eigenvalue weighted by Crippen LogP contribution is 2.41. The lowest BCUT2D eigenvalue weighted by Gasteiger charge is -2.35. The summed E-state index contributed by atoms with van der Waals surface area (Å²) in [5.74, 6) is -0.991. The molecule has 0 saturated carbocycles. The minimum absolute atomic E-state index is 0.00174. The van der Waals surface area contributed by atoms with E-state index in [0.717, 1.165) is 10.9 Å². The fourth-order valence-electron chi connectivity index (χ4n) is 5.18. The quantitative estimate of drug-likeness (QED) is 0.189. The Bertz CT molecular complexity index is 1780. The molecule has 0 fully saturated rings. The second-order valence-corrected chi connectivity index (χ2v) is 9.32. The molecule has 0 aliphatic carbocycles. The molecule has 196 valence electrons. The first-order valence-electron chi connectivity index (χ1n) is 12.2. The Morgan fingerprint density at radius 3 is 2.62 bits per heavy atom. The average molecular weight is 527 g/mol. The maximum atomic E-state index is 13.7. The van der Waals surface area contributed by atoms with Gasteiger partial charge in [-0.2, -0.15) is 0 Å². The number of aromatic nitrogens is 2. The Morgan fingerprint density at radius 2 is 1.92 bits per heavy atom. The molecule has 11 heteroatoms. The smallest absolute Gasteiger partial charge is 0.355 e. The third-order valence-electron chi connectivity index (χ3n) is 7.26. The molecule has 2 aromatic carbocycles. The van der Waals surface area contributed by atoms with Gasteiger partial charge in [0, 0.05) is 28.6 Å². The fourth-order valence-corrected chi connectivity index (χ4v) is 5.18. The molecule has 1 atom stereocenters. The van der Waals surface area contributed by atoms with Crippen LogP contribution in [0.3, 0.4) is 0 Å². The number of pyridine rings is 2. The molecule has 4 aromatic rings. The fraction of sp³-hybridized carbons (Fsp3) is 0.214. The van der Waals surface area contributed by atoms with Crippen molar-refractivity contribution in [3.63, 3.8) is 0 Å². The number of ether oxygens (including phenoxy) is 3. The van der Waals surface area contributed by atoms with Gasteiger partial charge in [0.25, 0.3) is 11.2 Å². The van der Waals surface area contributed by atoms with E-state index in [9.17, 15) is 24.5 Å². The van der Waals surface area contributed by atoms with Crippen LogP contribution in [-0.4, -0.2) is 33.5 Å². The minimum atomic E-state index is -1.88. The van der Waals surface area contributed by atoms with Crippen LogP contribution in [0.5, 0.6) is 5.75 Å². The summed E-state index contributed by atoms with van der Waals surface area (Å²) in [6.45, 7) is 1.68. The van der Waals surface area contributed by atoms with E-state index in [1.54, 1.807) is 30.7 Å². The van der Waals surface area contributed by atoms with Crippen LogP contribution in [0.15, 0.2) is 59.4 Å². The summed E-state index contributed by atoms with van der Waals surface area (Å²) in [4.78, 5) is 55.1. The molecular weight excluding hydrogens is 506 g/mol. The molecule has 11 nitrogen and oxygen atoms in total. The monoisotopic (exact) mass is 527 g/mol. The third kappa shape index (κ3) is 3.65. The first-order chi connectivity index (χ1) is 18.8. The number of nitro groups is 1. The lowest BCUT2D eigenvalue weighted by Crippen LogP contribution is -2.47. The Morgan fingerprint density at radius 1 is 1.15 bits per heavy atom. The standard InChI is InChI=1S/C28H21N3O8/c1-3-28(39-26(33)15-4-6-18(7-5-15)31(35)36)21-12-23-24-17(10-16-11-19(37-2)8-9-22(16)29-24)13-30(23)25(32)20(21)14-38-27(28)34/h4-12H,3,13-14H2,1-2H3/t28-/m0/s1. The summed E-state index contributed by atoms with van der Waals surface area (Å²) in [5, 5.41) is 11.8. The number of cyclic esters (lactones) is 1. The van der Waals surface area contributed by atoms with Crippen LogP contribution in [0.4, 0.5) is 5.69 Å². The number of nitro benzene ring substituents is 1. The van der Waals surface area contributed by atoms with Gasteiger partial charge in [0.2, 0.25) is 5.60 Å². The Hall–Kier alpha value is -5.06. The average Bonchev–Trinajstić information content (AvgIpc) is 3.30. The summed E-state index contributed by atoms with van der Waals surface area (Å²) in [6, 6.07) is 14.0. The molecule has 39 heavy (non-hydrogen) atoms. The zero-order valence-electron chi connectivity index (χ0n) is 20.9. The number of benzene rings is 2. The molecular formula is C28H21N3O8. The molecule has 2 aliphatic rings. The van der Waals surface area contributed by atoms with E-state index < -0.39 is 22.5 Å². The molecule has 4 heterocycles. The number of rotatable bonds is 5. The number of hydrogen-bond acceptors (Lipinski definition) is 9. The van der Waals surface area contributed by atoms with Gasteiger partial charge in [0.15, 0.2) is 0 Å². The van der Waals surface area contributed by atoms with Crippen molar-refractivity contribution in [2.75, 3.05) is 7.11 Å². The molecule has 0 saturated heterocycles. The Balaban J connectivity index is 1.47. The molecule has 0 spiro atoms. The summed E-state index contributed by atoms with van der Waals surface area (Å²) in [5.41, 5.74) is 0.676. The third-order valence-corrected chi connectivity index (χ3v) is 7.26. The zero-order chi connectivity index (χ0) is 27.5. The molecule has 6 rings (SSSR count). The van der Waals surface area contributed by atoms with Gasteiger partial charge in [-0.25, -0.2) is 14.6 Å². The lowest BCUT2D eigenvalue weighted by atomic mass is 9.85. The Kier molecular flexibility index (Phi) is 5.45. The molecule has 0 N–H and O–H groups in total. The van der Waals surface area contributed by atoms with Crippen molar-refractivity contribution in [3.05, 3.63) is 97.3 Å². The molecule has 0 radical (unpaired) electrons. The van der Waals surface area contributed by atoms with E-state index in [1.807, 2.05) is 18.2 Å². The highest BCUT2D eigenvalue weighted by atomic mass is 16.6. The van der Waals surface area contributed by atoms with Gasteiger partial charge >= 0.3 is 11.9 Å². The number of methoxy groups -OCH3 is 1. The van der Waals surface area contributed by atoms with Gasteiger partial charge in [-0.05, 0) is 48.9 Å². The van der Waals surface area contributed by atoms with Crippen molar-refractivity contribution >= 4 is 28.5 Å². The van der Waals surface area contributed by atoms with E-state index >= 15 is 0 Å². The minimum Gasteiger partial charge on any atom is -0.497 e. The van der Waals surface area contributed by atoms with Crippen molar-refractivity contribution in [1.82, 2.24) is 9.55 Å². The predicted molar refractivity (Wildman–Crippen MR) is 137 cm³/mol. The van der Waals surface area contributed by atoms with Gasteiger partial charge in [-0.3, -0.25) is 14.9 Å². The van der Waals surface area contributed by atoms with Gasteiger partial charge in [0.1, 0.15) is 12.4 Å². The first kappa shape index (κ1) is 24.3. The lowest BCUT2D eigenvalue weighted by molar-refractivity contribution is -0.384. The van der Waals surface area contributed by atoms with Crippen LogP contribution in [0.25, 0.3) is 22.3 Å². The number of esters is 2. The maximum absolute atomic E-state index is 13.7. The topological polar surface area (TPSA) is 140 Å². The SMILES string of the molecule is CC[C@@]1(OC(=O)c2ccc([N+](=O)[O-])cc2)C(=O)OCc2c1cc1n(c2=O)Cc2cc3cc(OC)ccc3nc2-1. The Labute approximate surface area is 220 Å². The molecule has 0 unspecified atom stereocenters. The summed E-state index contributed by atoms with van der Waals surface area (Å²) in [6.07, 6.45) is -0.00174. The van der Waals surface area contributed by atoms with Gasteiger partial charge < -0.3 is 18.8 Å². The van der Waals surface area contributed by atoms with Crippen molar-refractivity contribution in [1.29, 1.82) is 0 Å². The number of non-ortho nitro benzene ring substituents is 1. The number of nitrogens with zero attached hydrogens (tertiary/aromatic N) is 3. The van der Waals surface area contributed by atoms with Crippen LogP contribution in [0.1, 0.15) is 40.4 Å². The van der Waals surface area contributed by atoms with E-state index in [-0.39, 0.29) is 47.5 Å². The molecule has 0 amide bonds. The molecule has 0 bridgehead atoms. The number of hydrogen-bond donors (Lipinski definition) is 0. The van der Waals surface area contributed by atoms with Crippen LogP contribution in [0, 0.1) is 10.1 Å². The van der Waals surface area contributed by atoms with Crippen LogP contribution >= 0.6 is 0 Å². The van der Waals surface area contributed by atoms with Gasteiger partial charge in [-0.15, -0.1) is 0 Å². The predicted octanol–water partition coefficient (Wildman–Crippen LogP) is 3.86. The van der Waals surface area contributed by atoms with Crippen molar-refractivity contribution in [2.45, 2.75) is 32.1 Å².